The van der Waals surface area contributed by atoms with E-state index < -0.39 is 11.7 Å². The summed E-state index contributed by atoms with van der Waals surface area (Å²) in [6, 6.07) is 4.80. The number of hydrogen-bond acceptors (Lipinski definition) is 2. The SMILES string of the molecule is CCC1CN(c2ccc(Br)c(C(F)(F)F)c2)CCCN1. The second-order valence-electron chi connectivity index (χ2n) is 5.02. The van der Waals surface area contributed by atoms with Gasteiger partial charge in [-0.1, -0.05) is 22.9 Å². The molecular weight excluding hydrogens is 333 g/mol. The van der Waals surface area contributed by atoms with E-state index in [1.807, 2.05) is 4.90 Å². The van der Waals surface area contributed by atoms with Gasteiger partial charge in [-0.25, -0.2) is 0 Å². The van der Waals surface area contributed by atoms with Crippen molar-refractivity contribution in [3.05, 3.63) is 28.2 Å². The molecule has 0 aliphatic carbocycles. The molecule has 0 bridgehead atoms. The average molecular weight is 351 g/mol. The van der Waals surface area contributed by atoms with Crippen molar-refractivity contribution in [3.63, 3.8) is 0 Å². The summed E-state index contributed by atoms with van der Waals surface area (Å²) >= 11 is 2.98. The van der Waals surface area contributed by atoms with E-state index in [0.29, 0.717) is 11.7 Å². The summed E-state index contributed by atoms with van der Waals surface area (Å²) in [5.41, 5.74) is 0.0305. The van der Waals surface area contributed by atoms with Crippen LogP contribution in [0.1, 0.15) is 25.3 Å². The molecule has 1 N–H and O–H groups in total. The van der Waals surface area contributed by atoms with Crippen molar-refractivity contribution < 1.29 is 13.2 Å². The summed E-state index contributed by atoms with van der Waals surface area (Å²) in [6.45, 7) is 4.53. The zero-order valence-electron chi connectivity index (χ0n) is 11.3. The van der Waals surface area contributed by atoms with Crippen molar-refractivity contribution in [1.82, 2.24) is 5.32 Å². The van der Waals surface area contributed by atoms with Crippen LogP contribution in [0, 0.1) is 0 Å². The van der Waals surface area contributed by atoms with E-state index >= 15 is 0 Å². The second kappa shape index (κ2) is 6.35. The Morgan fingerprint density at radius 3 is 2.80 bits per heavy atom. The Morgan fingerprint density at radius 1 is 1.40 bits per heavy atom. The summed E-state index contributed by atoms with van der Waals surface area (Å²) in [5.74, 6) is 0. The van der Waals surface area contributed by atoms with Gasteiger partial charge in [0.05, 0.1) is 5.56 Å². The van der Waals surface area contributed by atoms with Gasteiger partial charge < -0.3 is 10.2 Å². The molecule has 1 saturated heterocycles. The predicted molar refractivity (Wildman–Crippen MR) is 78.1 cm³/mol. The topological polar surface area (TPSA) is 15.3 Å². The molecule has 1 unspecified atom stereocenters. The van der Waals surface area contributed by atoms with Gasteiger partial charge >= 0.3 is 6.18 Å². The normalized spacial score (nSPS) is 20.9. The molecule has 2 rings (SSSR count). The molecule has 20 heavy (non-hydrogen) atoms. The Hall–Kier alpha value is -0.750. The van der Waals surface area contributed by atoms with Crippen LogP contribution in [0.4, 0.5) is 18.9 Å². The zero-order chi connectivity index (χ0) is 14.8. The molecule has 0 amide bonds. The summed E-state index contributed by atoms with van der Waals surface area (Å²) in [6.07, 6.45) is -2.42. The summed E-state index contributed by atoms with van der Waals surface area (Å²) < 4.78 is 39.0. The van der Waals surface area contributed by atoms with E-state index in [1.165, 1.54) is 12.1 Å². The van der Waals surface area contributed by atoms with Gasteiger partial charge in [0, 0.05) is 29.3 Å². The highest BCUT2D eigenvalue weighted by atomic mass is 79.9. The molecule has 0 aromatic heterocycles. The fraction of sp³-hybridized carbons (Fsp3) is 0.571. The zero-order valence-corrected chi connectivity index (χ0v) is 12.9. The molecule has 1 heterocycles. The van der Waals surface area contributed by atoms with Crippen molar-refractivity contribution in [2.24, 2.45) is 0 Å². The minimum Gasteiger partial charge on any atom is -0.370 e. The lowest BCUT2D eigenvalue weighted by Gasteiger charge is -2.27. The molecule has 6 heteroatoms. The fourth-order valence-electron chi connectivity index (χ4n) is 2.43. The quantitative estimate of drug-likeness (QED) is 0.865. The van der Waals surface area contributed by atoms with Gasteiger partial charge in [0.25, 0.3) is 0 Å². The number of hydrogen-bond donors (Lipinski definition) is 1. The van der Waals surface area contributed by atoms with Crippen LogP contribution >= 0.6 is 15.9 Å². The molecule has 1 aromatic rings. The molecule has 1 atom stereocenters. The number of alkyl halides is 3. The van der Waals surface area contributed by atoms with Crippen molar-refractivity contribution in [2.45, 2.75) is 32.0 Å². The maximum absolute atomic E-state index is 13.0. The van der Waals surface area contributed by atoms with Crippen LogP contribution in [0.25, 0.3) is 0 Å². The summed E-state index contributed by atoms with van der Waals surface area (Å²) in [4.78, 5) is 2.04. The number of nitrogens with one attached hydrogen (secondary N) is 1. The Labute approximate surface area is 125 Å². The molecule has 112 valence electrons. The minimum absolute atomic E-state index is 0.0914. The van der Waals surface area contributed by atoms with Gasteiger partial charge in [-0.05, 0) is 37.6 Å². The minimum atomic E-state index is -4.33. The van der Waals surface area contributed by atoms with Crippen molar-refractivity contribution in [2.75, 3.05) is 24.5 Å². The first-order chi connectivity index (χ1) is 9.41. The monoisotopic (exact) mass is 350 g/mol. The highest BCUT2D eigenvalue weighted by Crippen LogP contribution is 2.37. The standard InChI is InChI=1S/C14H18BrF3N2/c1-2-10-9-20(7-3-6-19-10)11-4-5-13(15)12(8-11)14(16,17)18/h4-5,8,10,19H,2-3,6-7,9H2,1H3. The van der Waals surface area contributed by atoms with E-state index in [2.05, 4.69) is 28.2 Å². The average Bonchev–Trinajstić information content (AvgIpc) is 2.63. The van der Waals surface area contributed by atoms with E-state index in [-0.39, 0.29) is 4.47 Å². The third-order valence-electron chi connectivity index (χ3n) is 3.59. The molecule has 1 fully saturated rings. The number of nitrogens with zero attached hydrogens (tertiary/aromatic N) is 1. The lowest BCUT2D eigenvalue weighted by Crippen LogP contribution is -2.37. The Morgan fingerprint density at radius 2 is 2.15 bits per heavy atom. The summed E-state index contributed by atoms with van der Waals surface area (Å²) in [5, 5.41) is 3.41. The van der Waals surface area contributed by atoms with Crippen LogP contribution in [0.5, 0.6) is 0 Å². The van der Waals surface area contributed by atoms with E-state index in [0.717, 1.165) is 32.5 Å². The molecular formula is C14H18BrF3N2. The molecule has 0 radical (unpaired) electrons. The first-order valence-corrected chi connectivity index (χ1v) is 7.56. The van der Waals surface area contributed by atoms with Gasteiger partial charge in [0.2, 0.25) is 0 Å². The van der Waals surface area contributed by atoms with Crippen LogP contribution in [-0.2, 0) is 6.18 Å². The molecule has 1 aromatic carbocycles. The van der Waals surface area contributed by atoms with Crippen molar-refractivity contribution in [3.8, 4) is 0 Å². The number of anilines is 1. The van der Waals surface area contributed by atoms with Crippen LogP contribution in [-0.4, -0.2) is 25.7 Å². The van der Waals surface area contributed by atoms with Gasteiger partial charge in [-0.3, -0.25) is 0 Å². The first-order valence-electron chi connectivity index (χ1n) is 6.77. The van der Waals surface area contributed by atoms with E-state index in [4.69, 9.17) is 0 Å². The molecule has 0 spiro atoms. The Balaban J connectivity index is 2.27. The highest BCUT2D eigenvalue weighted by molar-refractivity contribution is 9.10. The third kappa shape index (κ3) is 3.67. The molecule has 1 aliphatic rings. The smallest absolute Gasteiger partial charge is 0.370 e. The van der Waals surface area contributed by atoms with E-state index in [1.54, 1.807) is 6.07 Å². The number of benzene rings is 1. The molecule has 0 saturated carbocycles. The Kier molecular flexibility index (Phi) is 4.96. The lowest BCUT2D eigenvalue weighted by molar-refractivity contribution is -0.138. The third-order valence-corrected chi connectivity index (χ3v) is 4.28. The molecule has 2 nitrogen and oxygen atoms in total. The van der Waals surface area contributed by atoms with Gasteiger partial charge in [0.1, 0.15) is 0 Å². The Bertz CT molecular complexity index is 462. The van der Waals surface area contributed by atoms with Gasteiger partial charge in [-0.2, -0.15) is 13.2 Å². The van der Waals surface area contributed by atoms with E-state index in [9.17, 15) is 13.2 Å². The van der Waals surface area contributed by atoms with Gasteiger partial charge in [0.15, 0.2) is 0 Å². The van der Waals surface area contributed by atoms with Crippen LogP contribution in [0.3, 0.4) is 0 Å². The highest BCUT2D eigenvalue weighted by Gasteiger charge is 2.33. The largest absolute Gasteiger partial charge is 0.417 e. The maximum atomic E-state index is 13.0. The van der Waals surface area contributed by atoms with Crippen LogP contribution < -0.4 is 10.2 Å². The maximum Gasteiger partial charge on any atom is 0.417 e. The van der Waals surface area contributed by atoms with Crippen molar-refractivity contribution >= 4 is 21.6 Å². The van der Waals surface area contributed by atoms with Crippen LogP contribution in [0.15, 0.2) is 22.7 Å². The van der Waals surface area contributed by atoms with Gasteiger partial charge in [-0.15, -0.1) is 0 Å². The summed E-state index contributed by atoms with van der Waals surface area (Å²) in [7, 11) is 0. The lowest BCUT2D eigenvalue weighted by atomic mass is 10.1. The second-order valence-corrected chi connectivity index (χ2v) is 5.88. The first kappa shape index (κ1) is 15.6. The fourth-order valence-corrected chi connectivity index (χ4v) is 2.90. The number of rotatable bonds is 2. The van der Waals surface area contributed by atoms with Crippen molar-refractivity contribution in [1.29, 1.82) is 0 Å². The number of halogens is 4. The predicted octanol–water partition coefficient (Wildman–Crippen LogP) is 4.05. The van der Waals surface area contributed by atoms with Crippen LogP contribution in [0.2, 0.25) is 0 Å². The molecule has 1 aliphatic heterocycles.